The van der Waals surface area contributed by atoms with Crippen LogP contribution in [-0.4, -0.2) is 32.1 Å². The molecule has 44 heavy (non-hydrogen) atoms. The van der Waals surface area contributed by atoms with Gasteiger partial charge in [-0.1, -0.05) is 147 Å². The number of unbranched alkanes of at least 4 members (excludes halogenated alkanes) is 18. The molecule has 0 aromatic carbocycles. The molecule has 0 bridgehead atoms. The first kappa shape index (κ1) is 41.1. The lowest BCUT2D eigenvalue weighted by molar-refractivity contribution is -0.178. The Morgan fingerprint density at radius 3 is 1.73 bits per heavy atom. The van der Waals surface area contributed by atoms with Gasteiger partial charge >= 0.3 is 0 Å². The average molecular weight is 616 g/mol. The van der Waals surface area contributed by atoms with E-state index in [4.69, 9.17) is 9.47 Å². The maximum Gasteiger partial charge on any atom is 0.168 e. The summed E-state index contributed by atoms with van der Waals surface area (Å²) in [6.07, 6.45) is 48.2. The molecule has 3 atom stereocenters. The second kappa shape index (κ2) is 30.7. The van der Waals surface area contributed by atoms with Gasteiger partial charge in [-0.2, -0.15) is 0 Å². The van der Waals surface area contributed by atoms with Crippen molar-refractivity contribution in [2.24, 2.45) is 5.92 Å². The van der Waals surface area contributed by atoms with Crippen LogP contribution in [0.15, 0.2) is 36.5 Å². The zero-order valence-corrected chi connectivity index (χ0v) is 30.2. The van der Waals surface area contributed by atoms with E-state index in [0.717, 1.165) is 38.3 Å². The number of hydrogen-bond donors (Lipinski definition) is 1. The monoisotopic (exact) mass is 616 g/mol. The van der Waals surface area contributed by atoms with Gasteiger partial charge in [-0.15, -0.1) is 0 Å². The molecule has 1 aliphatic rings. The van der Waals surface area contributed by atoms with Crippen LogP contribution in [-0.2, 0) is 9.47 Å². The molecule has 3 unspecified atom stereocenters. The van der Waals surface area contributed by atoms with E-state index in [0.29, 0.717) is 0 Å². The van der Waals surface area contributed by atoms with Gasteiger partial charge in [0.1, 0.15) is 0 Å². The van der Waals surface area contributed by atoms with Crippen LogP contribution in [0, 0.1) is 5.92 Å². The molecule has 1 rings (SSSR count). The summed E-state index contributed by atoms with van der Waals surface area (Å²) in [4.78, 5) is 0. The largest absolute Gasteiger partial charge is 0.347 e. The first-order valence-corrected chi connectivity index (χ1v) is 19.6. The smallest absolute Gasteiger partial charge is 0.168 e. The predicted molar refractivity (Wildman–Crippen MR) is 195 cm³/mol. The van der Waals surface area contributed by atoms with Gasteiger partial charge in [0.25, 0.3) is 0 Å². The fourth-order valence-electron chi connectivity index (χ4n) is 6.40. The van der Waals surface area contributed by atoms with E-state index in [1.54, 1.807) is 0 Å². The van der Waals surface area contributed by atoms with Gasteiger partial charge in [-0.25, -0.2) is 0 Å². The van der Waals surface area contributed by atoms with Crippen LogP contribution in [0.1, 0.15) is 188 Å². The van der Waals surface area contributed by atoms with Gasteiger partial charge in [0.05, 0.1) is 12.7 Å². The van der Waals surface area contributed by atoms with E-state index in [1.165, 1.54) is 148 Å². The van der Waals surface area contributed by atoms with Crippen molar-refractivity contribution in [2.75, 3.05) is 20.2 Å². The summed E-state index contributed by atoms with van der Waals surface area (Å²) in [6, 6.07) is 0. The van der Waals surface area contributed by atoms with Crippen molar-refractivity contribution in [2.45, 2.75) is 200 Å². The van der Waals surface area contributed by atoms with E-state index < -0.39 is 0 Å². The molecule has 1 saturated heterocycles. The molecule has 0 saturated carbocycles. The molecule has 1 heterocycles. The standard InChI is InChI=1S/C41H77NO2/c1-5-7-9-11-12-13-14-15-16-17-18-19-21-24-27-31-35-41(43-38-40(44-41)37-42-4)36-32-28-25-22-20-23-26-30-34-39(3)33-29-10-8-6-2/h12-13,15-16,30,34,39-40,42H,5-11,14,17-29,31-33,35-38H2,1-4H3/b13-12-,16-15-,34-30+. The molecule has 0 amide bonds. The predicted octanol–water partition coefficient (Wildman–Crippen LogP) is 12.8. The molecule has 1 aliphatic heterocycles. The van der Waals surface area contributed by atoms with Crippen molar-refractivity contribution >= 4 is 0 Å². The zero-order valence-electron chi connectivity index (χ0n) is 30.2. The van der Waals surface area contributed by atoms with Crippen molar-refractivity contribution < 1.29 is 9.47 Å². The lowest BCUT2D eigenvalue weighted by Crippen LogP contribution is -2.33. The van der Waals surface area contributed by atoms with Gasteiger partial charge in [0.2, 0.25) is 0 Å². The number of allylic oxidation sites excluding steroid dienone is 6. The number of hydrogen-bond acceptors (Lipinski definition) is 3. The maximum absolute atomic E-state index is 6.54. The SMILES string of the molecule is CCCCC/C=C\C/C=C\CCCCCCCCC1(CCCCCCCC/C=C/C(C)CCCCCC)OCC(CNC)O1. The van der Waals surface area contributed by atoms with E-state index >= 15 is 0 Å². The first-order valence-electron chi connectivity index (χ1n) is 19.6. The summed E-state index contributed by atoms with van der Waals surface area (Å²) in [6.45, 7) is 8.57. The Morgan fingerprint density at radius 2 is 1.14 bits per heavy atom. The van der Waals surface area contributed by atoms with Crippen LogP contribution < -0.4 is 5.32 Å². The number of likely N-dealkylation sites (N-methyl/N-ethyl adjacent to an activating group) is 1. The van der Waals surface area contributed by atoms with Crippen LogP contribution in [0.5, 0.6) is 0 Å². The quantitative estimate of drug-likeness (QED) is 0.0603. The Labute approximate surface area is 276 Å². The van der Waals surface area contributed by atoms with Gasteiger partial charge in [0, 0.05) is 19.4 Å². The third kappa shape index (κ3) is 24.3. The van der Waals surface area contributed by atoms with E-state index in [1.807, 2.05) is 7.05 Å². The van der Waals surface area contributed by atoms with Gasteiger partial charge < -0.3 is 14.8 Å². The van der Waals surface area contributed by atoms with Crippen molar-refractivity contribution in [1.29, 1.82) is 0 Å². The molecular formula is C41H77NO2. The Balaban J connectivity index is 2.10. The summed E-state index contributed by atoms with van der Waals surface area (Å²) >= 11 is 0. The normalized spacial score (nSPS) is 19.8. The lowest BCUT2D eigenvalue weighted by Gasteiger charge is -2.28. The number of rotatable bonds is 32. The Morgan fingerprint density at radius 1 is 0.636 bits per heavy atom. The summed E-state index contributed by atoms with van der Waals surface area (Å²) in [5, 5.41) is 3.28. The summed E-state index contributed by atoms with van der Waals surface area (Å²) in [7, 11) is 2.01. The molecule has 3 nitrogen and oxygen atoms in total. The lowest BCUT2D eigenvalue weighted by atomic mass is 9.98. The van der Waals surface area contributed by atoms with Gasteiger partial charge in [0.15, 0.2) is 5.79 Å². The Bertz CT molecular complexity index is 686. The second-order valence-electron chi connectivity index (χ2n) is 13.8. The molecular weight excluding hydrogens is 538 g/mol. The maximum atomic E-state index is 6.54. The first-order chi connectivity index (χ1) is 21.7. The van der Waals surface area contributed by atoms with Gasteiger partial charge in [-0.3, -0.25) is 0 Å². The highest BCUT2D eigenvalue weighted by Crippen LogP contribution is 2.34. The summed E-state index contributed by atoms with van der Waals surface area (Å²) in [5.41, 5.74) is 0. The van der Waals surface area contributed by atoms with Crippen molar-refractivity contribution in [3.63, 3.8) is 0 Å². The Hall–Kier alpha value is -0.900. The minimum absolute atomic E-state index is 0.205. The molecule has 0 radical (unpaired) electrons. The van der Waals surface area contributed by atoms with Crippen molar-refractivity contribution in [1.82, 2.24) is 5.32 Å². The third-order valence-electron chi connectivity index (χ3n) is 9.26. The average Bonchev–Trinajstić information content (AvgIpc) is 3.42. The second-order valence-corrected chi connectivity index (χ2v) is 13.8. The summed E-state index contributed by atoms with van der Waals surface area (Å²) < 4.78 is 12.9. The van der Waals surface area contributed by atoms with Gasteiger partial charge in [-0.05, 0) is 77.2 Å². The molecule has 1 fully saturated rings. The molecule has 1 N–H and O–H groups in total. The molecule has 3 heteroatoms. The third-order valence-corrected chi connectivity index (χ3v) is 9.26. The van der Waals surface area contributed by atoms with E-state index in [2.05, 4.69) is 62.5 Å². The zero-order chi connectivity index (χ0) is 31.8. The van der Waals surface area contributed by atoms with E-state index in [-0.39, 0.29) is 11.9 Å². The van der Waals surface area contributed by atoms with Crippen LogP contribution >= 0.6 is 0 Å². The minimum Gasteiger partial charge on any atom is -0.347 e. The van der Waals surface area contributed by atoms with Crippen molar-refractivity contribution in [3.05, 3.63) is 36.5 Å². The Kier molecular flexibility index (Phi) is 28.7. The molecule has 0 aromatic heterocycles. The highest BCUT2D eigenvalue weighted by molar-refractivity contribution is 4.92. The molecule has 0 aromatic rings. The van der Waals surface area contributed by atoms with Crippen LogP contribution in [0.2, 0.25) is 0 Å². The van der Waals surface area contributed by atoms with Crippen LogP contribution in [0.4, 0.5) is 0 Å². The highest BCUT2D eigenvalue weighted by atomic mass is 16.7. The topological polar surface area (TPSA) is 30.5 Å². The van der Waals surface area contributed by atoms with Crippen LogP contribution in [0.3, 0.4) is 0 Å². The van der Waals surface area contributed by atoms with Crippen molar-refractivity contribution in [3.8, 4) is 0 Å². The highest BCUT2D eigenvalue weighted by Gasteiger charge is 2.40. The molecule has 0 spiro atoms. The number of nitrogens with one attached hydrogen (secondary N) is 1. The fourth-order valence-corrected chi connectivity index (χ4v) is 6.40. The number of ether oxygens (including phenoxy) is 2. The molecule has 258 valence electrons. The van der Waals surface area contributed by atoms with Crippen LogP contribution in [0.25, 0.3) is 0 Å². The van der Waals surface area contributed by atoms with E-state index in [9.17, 15) is 0 Å². The fraction of sp³-hybridized carbons (Fsp3) is 0.854. The molecule has 0 aliphatic carbocycles. The summed E-state index contributed by atoms with van der Waals surface area (Å²) in [5.74, 6) is 0.427. The minimum atomic E-state index is -0.325.